The summed E-state index contributed by atoms with van der Waals surface area (Å²) in [6.45, 7) is 2.45. The van der Waals surface area contributed by atoms with Gasteiger partial charge in [0.1, 0.15) is 5.75 Å². The van der Waals surface area contributed by atoms with Gasteiger partial charge in [0, 0.05) is 11.7 Å². The van der Waals surface area contributed by atoms with Crippen molar-refractivity contribution >= 4 is 22.8 Å². The molecule has 0 radical (unpaired) electrons. The molecule has 0 aliphatic heterocycles. The van der Waals surface area contributed by atoms with Gasteiger partial charge in [-0.25, -0.2) is 0 Å². The highest BCUT2D eigenvalue weighted by Crippen LogP contribution is 2.20. The summed E-state index contributed by atoms with van der Waals surface area (Å²) in [4.78, 5) is 15.5. The zero-order chi connectivity index (χ0) is 15.4. The highest BCUT2D eigenvalue weighted by molar-refractivity contribution is 6.08. The minimum Gasteiger partial charge on any atom is -0.493 e. The smallest absolute Gasteiger partial charge is 0.189 e. The first-order valence-corrected chi connectivity index (χ1v) is 7.29. The van der Waals surface area contributed by atoms with Crippen molar-refractivity contribution in [2.24, 2.45) is 0 Å². The van der Waals surface area contributed by atoms with Gasteiger partial charge >= 0.3 is 0 Å². The van der Waals surface area contributed by atoms with Gasteiger partial charge in [-0.05, 0) is 54.3 Å². The van der Waals surface area contributed by atoms with E-state index in [4.69, 9.17) is 4.74 Å². The molecule has 0 saturated heterocycles. The van der Waals surface area contributed by atoms with Crippen LogP contribution in [0.4, 0.5) is 0 Å². The molecule has 3 nitrogen and oxygen atoms in total. The Morgan fingerprint density at radius 2 is 2.05 bits per heavy atom. The lowest BCUT2D eigenvalue weighted by molar-refractivity contribution is 0.104. The third-order valence-electron chi connectivity index (χ3n) is 3.46. The molecule has 3 rings (SSSR count). The molecular weight excluding hydrogens is 274 g/mol. The van der Waals surface area contributed by atoms with Crippen molar-refractivity contribution in [2.75, 3.05) is 6.61 Å². The van der Waals surface area contributed by atoms with Gasteiger partial charge in [0.2, 0.25) is 0 Å². The number of aromatic nitrogens is 1. The summed E-state index contributed by atoms with van der Waals surface area (Å²) in [5, 5.41) is 1.13. The van der Waals surface area contributed by atoms with Crippen LogP contribution in [0.3, 0.4) is 0 Å². The number of carbonyl (C=O) groups excluding carboxylic acids is 1. The summed E-state index contributed by atoms with van der Waals surface area (Å²) >= 11 is 0. The standard InChI is InChI=1S/C19H17NO2/c1-2-22-19-6-4-3-5-16(19)18(21)10-8-14-7-9-17-15(13-14)11-12-20-17/h3-13,20H,2H2,1H3/b10-8+. The van der Waals surface area contributed by atoms with Gasteiger partial charge in [-0.2, -0.15) is 0 Å². The second-order valence-electron chi connectivity index (χ2n) is 4.95. The number of hydrogen-bond acceptors (Lipinski definition) is 2. The van der Waals surface area contributed by atoms with Crippen LogP contribution in [0, 0.1) is 0 Å². The Morgan fingerprint density at radius 3 is 2.91 bits per heavy atom. The summed E-state index contributed by atoms with van der Waals surface area (Å²) in [5.74, 6) is 0.568. The van der Waals surface area contributed by atoms with E-state index >= 15 is 0 Å². The van der Waals surface area contributed by atoms with Crippen molar-refractivity contribution in [2.45, 2.75) is 6.92 Å². The number of rotatable bonds is 5. The van der Waals surface area contributed by atoms with Gasteiger partial charge in [0.15, 0.2) is 5.78 Å². The van der Waals surface area contributed by atoms with Crippen molar-refractivity contribution in [3.8, 4) is 5.75 Å². The van der Waals surface area contributed by atoms with Crippen LogP contribution in [0.2, 0.25) is 0 Å². The molecule has 110 valence electrons. The number of benzene rings is 2. The van der Waals surface area contributed by atoms with E-state index in [1.165, 1.54) is 0 Å². The van der Waals surface area contributed by atoms with Gasteiger partial charge < -0.3 is 9.72 Å². The molecule has 0 fully saturated rings. The van der Waals surface area contributed by atoms with Gasteiger partial charge in [-0.15, -0.1) is 0 Å². The largest absolute Gasteiger partial charge is 0.493 e. The normalized spacial score (nSPS) is 11.1. The minimum absolute atomic E-state index is 0.0572. The predicted octanol–water partition coefficient (Wildman–Crippen LogP) is 4.46. The number of hydrogen-bond donors (Lipinski definition) is 1. The Kier molecular flexibility index (Phi) is 4.05. The average molecular weight is 291 g/mol. The van der Waals surface area contributed by atoms with Crippen LogP contribution in [0.5, 0.6) is 5.75 Å². The van der Waals surface area contributed by atoms with Crippen LogP contribution in [0.25, 0.3) is 17.0 Å². The molecule has 1 N–H and O–H groups in total. The summed E-state index contributed by atoms with van der Waals surface area (Å²) in [6, 6.07) is 15.4. The zero-order valence-electron chi connectivity index (χ0n) is 12.4. The first-order valence-electron chi connectivity index (χ1n) is 7.29. The van der Waals surface area contributed by atoms with Crippen LogP contribution in [-0.4, -0.2) is 17.4 Å². The average Bonchev–Trinajstić information content (AvgIpc) is 3.01. The first kappa shape index (κ1) is 14.1. The van der Waals surface area contributed by atoms with Crippen molar-refractivity contribution in [3.63, 3.8) is 0 Å². The Bertz CT molecular complexity index is 830. The van der Waals surface area contributed by atoms with Gasteiger partial charge in [-0.3, -0.25) is 4.79 Å². The molecule has 1 heterocycles. The second-order valence-corrected chi connectivity index (χ2v) is 4.95. The molecule has 3 heteroatoms. The number of ether oxygens (including phenoxy) is 1. The van der Waals surface area contributed by atoms with Crippen molar-refractivity contribution in [1.82, 2.24) is 4.98 Å². The monoisotopic (exact) mass is 291 g/mol. The first-order chi connectivity index (χ1) is 10.8. The van der Waals surface area contributed by atoms with Crippen molar-refractivity contribution in [1.29, 1.82) is 0 Å². The number of H-pyrrole nitrogens is 1. The van der Waals surface area contributed by atoms with E-state index in [0.717, 1.165) is 16.5 Å². The molecule has 0 atom stereocenters. The quantitative estimate of drug-likeness (QED) is 0.557. The molecule has 0 aliphatic rings. The number of nitrogens with one attached hydrogen (secondary N) is 1. The fraction of sp³-hybridized carbons (Fsp3) is 0.105. The minimum atomic E-state index is -0.0572. The molecular formula is C19H17NO2. The molecule has 1 aromatic heterocycles. The number of para-hydroxylation sites is 1. The summed E-state index contributed by atoms with van der Waals surface area (Å²) < 4.78 is 5.50. The highest BCUT2D eigenvalue weighted by atomic mass is 16.5. The predicted molar refractivity (Wildman–Crippen MR) is 89.3 cm³/mol. The highest BCUT2D eigenvalue weighted by Gasteiger charge is 2.08. The number of carbonyl (C=O) groups is 1. The molecule has 0 spiro atoms. The van der Waals surface area contributed by atoms with Crippen LogP contribution in [-0.2, 0) is 0 Å². The Morgan fingerprint density at radius 1 is 1.18 bits per heavy atom. The maximum Gasteiger partial charge on any atom is 0.189 e. The van der Waals surface area contributed by atoms with E-state index in [-0.39, 0.29) is 5.78 Å². The zero-order valence-corrected chi connectivity index (χ0v) is 12.4. The number of ketones is 1. The topological polar surface area (TPSA) is 42.1 Å². The fourth-order valence-corrected chi connectivity index (χ4v) is 2.39. The third kappa shape index (κ3) is 2.93. The maximum absolute atomic E-state index is 12.4. The van der Waals surface area contributed by atoms with Crippen molar-refractivity contribution in [3.05, 3.63) is 71.9 Å². The molecule has 0 saturated carbocycles. The summed E-state index contributed by atoms with van der Waals surface area (Å²) in [6.07, 6.45) is 5.32. The number of aromatic amines is 1. The maximum atomic E-state index is 12.4. The SMILES string of the molecule is CCOc1ccccc1C(=O)/C=C/c1ccc2[nH]ccc2c1. The van der Waals surface area contributed by atoms with E-state index < -0.39 is 0 Å². The van der Waals surface area contributed by atoms with Crippen LogP contribution in [0.15, 0.2) is 60.8 Å². The second kappa shape index (κ2) is 6.31. The molecule has 0 aliphatic carbocycles. The van der Waals surface area contributed by atoms with E-state index in [1.807, 2.05) is 61.7 Å². The lowest BCUT2D eigenvalue weighted by Gasteiger charge is -2.06. The van der Waals surface area contributed by atoms with E-state index in [9.17, 15) is 4.79 Å². The summed E-state index contributed by atoms with van der Waals surface area (Å²) in [7, 11) is 0. The lowest BCUT2D eigenvalue weighted by atomic mass is 10.1. The van der Waals surface area contributed by atoms with Crippen molar-refractivity contribution < 1.29 is 9.53 Å². The van der Waals surface area contributed by atoms with Crippen LogP contribution < -0.4 is 4.74 Å². The Hall–Kier alpha value is -2.81. The Labute approximate surface area is 129 Å². The Balaban J connectivity index is 1.84. The number of allylic oxidation sites excluding steroid dienone is 1. The van der Waals surface area contributed by atoms with Crippen LogP contribution >= 0.6 is 0 Å². The number of fused-ring (bicyclic) bond motifs is 1. The van der Waals surface area contributed by atoms with Gasteiger partial charge in [-0.1, -0.05) is 24.3 Å². The molecule has 3 aromatic rings. The van der Waals surface area contributed by atoms with E-state index in [0.29, 0.717) is 17.9 Å². The molecule has 2 aromatic carbocycles. The van der Waals surface area contributed by atoms with E-state index in [2.05, 4.69) is 4.98 Å². The molecule has 0 bridgehead atoms. The molecule has 0 amide bonds. The molecule has 0 unspecified atom stereocenters. The summed E-state index contributed by atoms with van der Waals surface area (Å²) in [5.41, 5.74) is 2.67. The van der Waals surface area contributed by atoms with Crippen LogP contribution in [0.1, 0.15) is 22.8 Å². The fourth-order valence-electron chi connectivity index (χ4n) is 2.39. The van der Waals surface area contributed by atoms with E-state index in [1.54, 1.807) is 12.1 Å². The van der Waals surface area contributed by atoms with Gasteiger partial charge in [0.25, 0.3) is 0 Å². The molecule has 22 heavy (non-hydrogen) atoms. The van der Waals surface area contributed by atoms with Gasteiger partial charge in [0.05, 0.1) is 12.2 Å². The lowest BCUT2D eigenvalue weighted by Crippen LogP contribution is -2.01. The third-order valence-corrected chi connectivity index (χ3v) is 3.46.